The fraction of sp³-hybridized carbons (Fsp3) is 0.639. The lowest BCUT2D eigenvalue weighted by molar-refractivity contribution is -0.192. The number of carbonyl (C=O) groups excluding carboxylic acids is 3. The van der Waals surface area contributed by atoms with Crippen LogP contribution < -0.4 is 10.6 Å². The minimum atomic E-state index is -5.08. The second-order valence-electron chi connectivity index (χ2n) is 14.9. The third-order valence-electron chi connectivity index (χ3n) is 9.20. The Labute approximate surface area is 293 Å². The minimum Gasteiger partial charge on any atom is -0.480 e. The Morgan fingerprint density at radius 1 is 0.980 bits per heavy atom. The predicted molar refractivity (Wildman–Crippen MR) is 184 cm³/mol. The molecular formula is C36H55F3N4O7. The zero-order chi connectivity index (χ0) is 39.1. The van der Waals surface area contributed by atoms with Gasteiger partial charge in [-0.15, -0.1) is 0 Å². The lowest BCUT2D eigenvalue weighted by Crippen LogP contribution is -2.61. The van der Waals surface area contributed by atoms with Gasteiger partial charge in [0.25, 0.3) is 0 Å². The fourth-order valence-corrected chi connectivity index (χ4v) is 5.93. The number of rotatable bonds is 11. The zero-order valence-corrected chi connectivity index (χ0v) is 31.3. The number of benzene rings is 1. The summed E-state index contributed by atoms with van der Waals surface area (Å²) in [6.45, 7) is 19.9. The molecule has 50 heavy (non-hydrogen) atoms. The number of alkyl halides is 3. The van der Waals surface area contributed by atoms with E-state index in [0.717, 1.165) is 11.1 Å². The Bertz CT molecular complexity index is 1430. The highest BCUT2D eigenvalue weighted by Crippen LogP contribution is 2.30. The van der Waals surface area contributed by atoms with Crippen LogP contribution in [0.1, 0.15) is 84.9 Å². The summed E-state index contributed by atoms with van der Waals surface area (Å²) in [5.41, 5.74) is 2.57. The third kappa shape index (κ3) is 11.3. The largest absolute Gasteiger partial charge is 0.490 e. The van der Waals surface area contributed by atoms with Crippen molar-refractivity contribution in [2.45, 2.75) is 118 Å². The van der Waals surface area contributed by atoms with Crippen molar-refractivity contribution < 1.29 is 47.4 Å². The molecule has 2 rings (SSSR count). The van der Waals surface area contributed by atoms with Crippen LogP contribution in [-0.2, 0) is 29.4 Å². The van der Waals surface area contributed by atoms with Gasteiger partial charge in [-0.05, 0) is 68.7 Å². The first-order chi connectivity index (χ1) is 22.7. The number of hydrogen-bond acceptors (Lipinski definition) is 6. The van der Waals surface area contributed by atoms with Crippen molar-refractivity contribution in [1.82, 2.24) is 20.4 Å². The first kappa shape index (κ1) is 44.1. The molecule has 11 nitrogen and oxygen atoms in total. The molecule has 0 spiro atoms. The van der Waals surface area contributed by atoms with Crippen molar-refractivity contribution in [2.24, 2.45) is 11.3 Å². The summed E-state index contributed by atoms with van der Waals surface area (Å²) in [4.78, 5) is 64.8. The molecule has 4 N–H and O–H groups in total. The van der Waals surface area contributed by atoms with Crippen LogP contribution in [0, 0.1) is 25.2 Å². The number of nitrogens with one attached hydrogen (secondary N) is 2. The third-order valence-corrected chi connectivity index (χ3v) is 9.20. The van der Waals surface area contributed by atoms with Gasteiger partial charge in [-0.2, -0.15) is 13.2 Å². The van der Waals surface area contributed by atoms with Crippen LogP contribution in [0.5, 0.6) is 0 Å². The van der Waals surface area contributed by atoms with E-state index in [9.17, 15) is 37.5 Å². The normalized spacial score (nSPS) is 17.3. The lowest BCUT2D eigenvalue weighted by atomic mass is 9.76. The average Bonchev–Trinajstić information content (AvgIpc) is 3.48. The van der Waals surface area contributed by atoms with Crippen LogP contribution in [0.25, 0.3) is 0 Å². The molecular weight excluding hydrogens is 657 g/mol. The van der Waals surface area contributed by atoms with E-state index in [0.29, 0.717) is 25.0 Å². The number of aryl methyl sites for hydroxylation is 2. The Morgan fingerprint density at radius 3 is 1.94 bits per heavy atom. The van der Waals surface area contributed by atoms with Crippen molar-refractivity contribution in [2.75, 3.05) is 20.6 Å². The van der Waals surface area contributed by atoms with Crippen molar-refractivity contribution in [3.8, 4) is 0 Å². The summed E-state index contributed by atoms with van der Waals surface area (Å²) in [6, 6.07) is 3.49. The van der Waals surface area contributed by atoms with Crippen LogP contribution in [-0.4, -0.2) is 101 Å². The summed E-state index contributed by atoms with van der Waals surface area (Å²) < 4.78 is 31.7. The Balaban J connectivity index is 0.00000161. The minimum absolute atomic E-state index is 0.0457. The predicted octanol–water partition coefficient (Wildman–Crippen LogP) is 4.84. The number of amides is 3. The van der Waals surface area contributed by atoms with Gasteiger partial charge in [0.05, 0.1) is 12.1 Å². The second-order valence-corrected chi connectivity index (χ2v) is 14.9. The van der Waals surface area contributed by atoms with E-state index >= 15 is 0 Å². The van der Waals surface area contributed by atoms with Crippen molar-refractivity contribution in [3.05, 3.63) is 46.5 Å². The number of likely N-dealkylation sites (tertiary alicyclic amines) is 1. The number of halogens is 3. The molecule has 1 saturated heterocycles. The van der Waals surface area contributed by atoms with Gasteiger partial charge in [0.1, 0.15) is 12.1 Å². The van der Waals surface area contributed by atoms with E-state index in [2.05, 4.69) is 36.6 Å². The molecule has 282 valence electrons. The standard InChI is InChI=1S/C34H54N4O5.C2HF3O2/c1-20(2)26(19-23(5)30(40)38-17-13-14-25(38)32(42)43)37(12)31(41)28(33(6,7)8)36-29(39)27(35-11)34(9,10)24-16-15-21(3)22(4)18-24;3-2(4,5)1(6)7/h15-16,18-20,25-28,35H,13-14,17H2,1-12H3,(H,36,39)(H,42,43);(H,6,7)/t25-,26+,27+,28+;/m0./s1. The van der Waals surface area contributed by atoms with Gasteiger partial charge in [-0.3, -0.25) is 14.4 Å². The van der Waals surface area contributed by atoms with Crippen LogP contribution in [0.2, 0.25) is 0 Å². The van der Waals surface area contributed by atoms with Gasteiger partial charge in [-0.25, -0.2) is 9.59 Å². The summed E-state index contributed by atoms with van der Waals surface area (Å²) in [7, 11) is 3.44. The Hall–Kier alpha value is -3.94. The molecule has 3 amide bonds. The summed E-state index contributed by atoms with van der Waals surface area (Å²) >= 11 is 0. The van der Waals surface area contributed by atoms with Gasteiger partial charge in [0.15, 0.2) is 0 Å². The summed E-state index contributed by atoms with van der Waals surface area (Å²) in [6.07, 6.45) is -2.26. The quantitative estimate of drug-likeness (QED) is 0.238. The lowest BCUT2D eigenvalue weighted by Gasteiger charge is -2.40. The maximum atomic E-state index is 14.1. The van der Waals surface area contributed by atoms with Crippen LogP contribution in [0.4, 0.5) is 13.2 Å². The molecule has 14 heteroatoms. The van der Waals surface area contributed by atoms with Gasteiger partial charge in [-0.1, -0.05) is 72.7 Å². The van der Waals surface area contributed by atoms with E-state index < -0.39 is 53.1 Å². The fourth-order valence-electron chi connectivity index (χ4n) is 5.93. The number of carboxylic acid groups (broad SMARTS) is 2. The van der Waals surface area contributed by atoms with Crippen molar-refractivity contribution >= 4 is 29.7 Å². The van der Waals surface area contributed by atoms with Crippen LogP contribution >= 0.6 is 0 Å². The van der Waals surface area contributed by atoms with Crippen LogP contribution in [0.3, 0.4) is 0 Å². The molecule has 0 aromatic heterocycles. The highest BCUT2D eigenvalue weighted by atomic mass is 19.4. The molecule has 0 radical (unpaired) electrons. The summed E-state index contributed by atoms with van der Waals surface area (Å²) in [5, 5.41) is 22.9. The van der Waals surface area contributed by atoms with E-state index in [1.165, 1.54) is 10.5 Å². The smallest absolute Gasteiger partial charge is 0.480 e. The molecule has 0 bridgehead atoms. The van der Waals surface area contributed by atoms with Gasteiger partial charge < -0.3 is 30.6 Å². The van der Waals surface area contributed by atoms with Gasteiger partial charge in [0, 0.05) is 24.6 Å². The molecule has 0 unspecified atom stereocenters. The highest BCUT2D eigenvalue weighted by molar-refractivity contribution is 5.96. The first-order valence-corrected chi connectivity index (χ1v) is 16.5. The molecule has 1 aliphatic rings. The molecule has 1 fully saturated rings. The average molecular weight is 713 g/mol. The highest BCUT2D eigenvalue weighted by Gasteiger charge is 2.42. The number of likely N-dealkylation sites (N-methyl/N-ethyl adjacent to an activating group) is 2. The Morgan fingerprint density at radius 2 is 1.52 bits per heavy atom. The van der Waals surface area contributed by atoms with Gasteiger partial charge in [0.2, 0.25) is 17.7 Å². The second kappa shape index (κ2) is 17.3. The number of nitrogens with zero attached hydrogens (tertiary/aromatic N) is 2. The van der Waals surface area contributed by atoms with Crippen LogP contribution in [0.15, 0.2) is 29.8 Å². The topological polar surface area (TPSA) is 156 Å². The Kier molecular flexibility index (Phi) is 15.3. The molecule has 4 atom stereocenters. The molecule has 1 aromatic carbocycles. The van der Waals surface area contributed by atoms with E-state index in [4.69, 9.17) is 9.90 Å². The SMILES string of the molecule is CN[C@H](C(=O)N[C@H](C(=O)N(C)[C@H](C=C(C)C(=O)N1CCC[C@H]1C(=O)O)C(C)C)C(C)(C)C)C(C)(C)c1ccc(C)c(C)c1.O=C(O)C(F)(F)F. The maximum Gasteiger partial charge on any atom is 0.490 e. The van der Waals surface area contributed by atoms with Crippen molar-refractivity contribution in [3.63, 3.8) is 0 Å². The first-order valence-electron chi connectivity index (χ1n) is 16.5. The molecule has 0 aliphatic carbocycles. The molecule has 1 aliphatic heterocycles. The number of hydrogen-bond donors (Lipinski definition) is 4. The number of carboxylic acids is 2. The monoisotopic (exact) mass is 712 g/mol. The van der Waals surface area contributed by atoms with Crippen molar-refractivity contribution in [1.29, 1.82) is 0 Å². The zero-order valence-electron chi connectivity index (χ0n) is 31.3. The van der Waals surface area contributed by atoms with E-state index in [1.807, 2.05) is 54.5 Å². The summed E-state index contributed by atoms with van der Waals surface area (Å²) in [5.74, 6) is -4.68. The maximum absolute atomic E-state index is 14.1. The van der Waals surface area contributed by atoms with Gasteiger partial charge >= 0.3 is 18.1 Å². The number of carbonyl (C=O) groups is 5. The van der Waals surface area contributed by atoms with E-state index in [-0.39, 0.29) is 23.6 Å². The molecule has 1 heterocycles. The molecule has 1 aromatic rings. The molecule has 0 saturated carbocycles. The van der Waals surface area contributed by atoms with E-state index in [1.54, 1.807) is 32.0 Å². The number of aliphatic carboxylic acids is 2.